The van der Waals surface area contributed by atoms with E-state index in [2.05, 4.69) is 49.2 Å². The van der Waals surface area contributed by atoms with Crippen molar-refractivity contribution in [2.45, 2.75) is 12.5 Å². The van der Waals surface area contributed by atoms with Gasteiger partial charge in [-0.2, -0.15) is 9.97 Å². The van der Waals surface area contributed by atoms with Crippen molar-refractivity contribution in [3.8, 4) is 11.6 Å². The summed E-state index contributed by atoms with van der Waals surface area (Å²) in [6.45, 7) is 3.92. The minimum Gasteiger partial charge on any atom is -0.438 e. The van der Waals surface area contributed by atoms with Crippen molar-refractivity contribution in [2.24, 2.45) is 0 Å². The zero-order valence-corrected chi connectivity index (χ0v) is 20.1. The molecule has 4 N–H and O–H groups in total. The van der Waals surface area contributed by atoms with E-state index in [9.17, 15) is 0 Å². The van der Waals surface area contributed by atoms with Gasteiger partial charge in [0.15, 0.2) is 0 Å². The molecule has 182 valence electrons. The van der Waals surface area contributed by atoms with Gasteiger partial charge in [-0.1, -0.05) is 6.07 Å². The third-order valence-electron chi connectivity index (χ3n) is 6.39. The van der Waals surface area contributed by atoms with Crippen LogP contribution in [0.3, 0.4) is 0 Å². The van der Waals surface area contributed by atoms with Crippen LogP contribution in [0.4, 0.5) is 23.0 Å². The first-order valence-corrected chi connectivity index (χ1v) is 11.8. The topological polar surface area (TPSA) is 105 Å². The van der Waals surface area contributed by atoms with Gasteiger partial charge >= 0.3 is 0 Å². The molecule has 1 aliphatic rings. The monoisotopic (exact) mass is 473 g/mol. The Balaban J connectivity index is 1.29. The van der Waals surface area contributed by atoms with E-state index in [4.69, 9.17) is 15.2 Å². The SMILES string of the molecule is COCCN1CCC(N(C)c2ccc(Nc3nc(Oc4cccc(N)c4)c4cc[nH]c4n3)cc2)C1. The molecule has 0 aliphatic carbocycles. The summed E-state index contributed by atoms with van der Waals surface area (Å²) >= 11 is 0. The average Bonchev–Trinajstić information content (AvgIpc) is 3.53. The molecular weight excluding hydrogens is 442 g/mol. The number of anilines is 4. The van der Waals surface area contributed by atoms with Crippen molar-refractivity contribution in [2.75, 3.05) is 56.3 Å². The lowest BCUT2D eigenvalue weighted by Crippen LogP contribution is -2.35. The number of hydrogen-bond donors (Lipinski definition) is 3. The highest BCUT2D eigenvalue weighted by molar-refractivity contribution is 5.82. The maximum Gasteiger partial charge on any atom is 0.233 e. The van der Waals surface area contributed by atoms with Crippen LogP contribution in [-0.4, -0.2) is 66.3 Å². The number of nitrogen functional groups attached to an aromatic ring is 1. The van der Waals surface area contributed by atoms with Crippen molar-refractivity contribution < 1.29 is 9.47 Å². The highest BCUT2D eigenvalue weighted by Gasteiger charge is 2.25. The van der Waals surface area contributed by atoms with Gasteiger partial charge in [0, 0.05) is 69.2 Å². The van der Waals surface area contributed by atoms with Crippen molar-refractivity contribution >= 4 is 34.0 Å². The van der Waals surface area contributed by atoms with Gasteiger partial charge < -0.3 is 30.4 Å². The van der Waals surface area contributed by atoms with Crippen LogP contribution in [0.1, 0.15) is 6.42 Å². The standard InChI is InChI=1S/C26H31N7O2/c1-32(21-11-13-33(17-21)14-15-34-2)20-8-6-19(7-9-20)29-26-30-24-23(10-12-28-24)25(31-26)35-22-5-3-4-18(27)16-22/h3-10,12,16,21H,11,13-15,17,27H2,1-2H3,(H2,28,29,30,31). The van der Waals surface area contributed by atoms with Gasteiger partial charge in [-0.05, 0) is 48.9 Å². The Morgan fingerprint density at radius 1 is 1.17 bits per heavy atom. The number of aromatic amines is 1. The molecule has 0 bridgehead atoms. The number of H-pyrrole nitrogens is 1. The first-order chi connectivity index (χ1) is 17.1. The molecule has 35 heavy (non-hydrogen) atoms. The third-order valence-corrected chi connectivity index (χ3v) is 6.39. The number of nitrogens with two attached hydrogens (primary N) is 1. The Kier molecular flexibility index (Phi) is 6.69. The molecule has 9 heteroatoms. The minimum atomic E-state index is 0.449. The van der Waals surface area contributed by atoms with Crippen molar-refractivity contribution in [3.05, 3.63) is 60.8 Å². The van der Waals surface area contributed by atoms with Gasteiger partial charge in [0.2, 0.25) is 11.8 Å². The molecule has 9 nitrogen and oxygen atoms in total. The number of likely N-dealkylation sites (N-methyl/N-ethyl adjacent to an activating group) is 1. The normalized spacial score (nSPS) is 16.0. The average molecular weight is 474 g/mol. The molecule has 0 spiro atoms. The van der Waals surface area contributed by atoms with E-state index >= 15 is 0 Å². The zero-order chi connectivity index (χ0) is 24.2. The second-order valence-corrected chi connectivity index (χ2v) is 8.79. The van der Waals surface area contributed by atoms with Crippen LogP contribution in [0.2, 0.25) is 0 Å². The zero-order valence-electron chi connectivity index (χ0n) is 20.1. The lowest BCUT2D eigenvalue weighted by molar-refractivity contribution is 0.160. The summed E-state index contributed by atoms with van der Waals surface area (Å²) < 4.78 is 11.3. The fourth-order valence-electron chi connectivity index (χ4n) is 4.41. The van der Waals surface area contributed by atoms with E-state index in [1.165, 1.54) is 5.69 Å². The van der Waals surface area contributed by atoms with E-state index in [0.717, 1.165) is 43.7 Å². The number of likely N-dealkylation sites (tertiary alicyclic amines) is 1. The second kappa shape index (κ2) is 10.2. The maximum absolute atomic E-state index is 6.04. The minimum absolute atomic E-state index is 0.449. The molecule has 5 rings (SSSR count). The van der Waals surface area contributed by atoms with Gasteiger partial charge in [-0.25, -0.2) is 0 Å². The largest absolute Gasteiger partial charge is 0.438 e. The molecule has 1 aliphatic heterocycles. The molecule has 2 aromatic heterocycles. The molecule has 4 aromatic rings. The van der Waals surface area contributed by atoms with Gasteiger partial charge in [0.05, 0.1) is 12.0 Å². The molecule has 1 fully saturated rings. The molecule has 1 unspecified atom stereocenters. The maximum atomic E-state index is 6.04. The number of fused-ring (bicyclic) bond motifs is 1. The van der Waals surface area contributed by atoms with Crippen molar-refractivity contribution in [3.63, 3.8) is 0 Å². The molecule has 1 saturated heterocycles. The number of benzene rings is 2. The second-order valence-electron chi connectivity index (χ2n) is 8.79. The van der Waals surface area contributed by atoms with Gasteiger partial charge in [-0.3, -0.25) is 4.90 Å². The van der Waals surface area contributed by atoms with E-state index in [1.54, 1.807) is 13.2 Å². The lowest BCUT2D eigenvalue weighted by Gasteiger charge is -2.27. The van der Waals surface area contributed by atoms with Gasteiger partial charge in [0.1, 0.15) is 11.4 Å². The molecule has 0 amide bonds. The van der Waals surface area contributed by atoms with Crippen LogP contribution in [0.15, 0.2) is 60.8 Å². The van der Waals surface area contributed by atoms with Crippen LogP contribution < -0.4 is 20.7 Å². The Morgan fingerprint density at radius 3 is 2.83 bits per heavy atom. The number of aromatic nitrogens is 3. The third kappa shape index (κ3) is 5.31. The van der Waals surface area contributed by atoms with Crippen LogP contribution >= 0.6 is 0 Å². The Labute approximate surface area is 204 Å². The summed E-state index contributed by atoms with van der Waals surface area (Å²) in [7, 11) is 3.92. The van der Waals surface area contributed by atoms with Crippen molar-refractivity contribution in [1.82, 2.24) is 19.9 Å². The predicted octanol–water partition coefficient (Wildman–Crippen LogP) is 4.23. The Morgan fingerprint density at radius 2 is 2.03 bits per heavy atom. The number of methoxy groups -OCH3 is 1. The van der Waals surface area contributed by atoms with E-state index in [1.807, 2.05) is 42.6 Å². The Bertz CT molecular complexity index is 1270. The smallest absolute Gasteiger partial charge is 0.233 e. The van der Waals surface area contributed by atoms with Crippen LogP contribution in [-0.2, 0) is 4.74 Å². The van der Waals surface area contributed by atoms with Crippen molar-refractivity contribution in [1.29, 1.82) is 0 Å². The summed E-state index contributed by atoms with van der Waals surface area (Å²) in [4.78, 5) is 17.2. The van der Waals surface area contributed by atoms with Crippen LogP contribution in [0.5, 0.6) is 11.6 Å². The molecule has 1 atom stereocenters. The van der Waals surface area contributed by atoms with Gasteiger partial charge in [0.25, 0.3) is 0 Å². The summed E-state index contributed by atoms with van der Waals surface area (Å²) in [5, 5.41) is 4.10. The summed E-state index contributed by atoms with van der Waals surface area (Å²) in [6.07, 6.45) is 2.97. The summed E-state index contributed by atoms with van der Waals surface area (Å²) in [5.74, 6) is 1.53. The fraction of sp³-hybridized carbons (Fsp3) is 0.308. The molecular formula is C26H31N7O2. The highest BCUT2D eigenvalue weighted by atomic mass is 16.5. The fourth-order valence-corrected chi connectivity index (χ4v) is 4.41. The predicted molar refractivity (Wildman–Crippen MR) is 140 cm³/mol. The number of hydrogen-bond acceptors (Lipinski definition) is 8. The first kappa shape index (κ1) is 22.9. The highest BCUT2D eigenvalue weighted by Crippen LogP contribution is 2.30. The molecule has 0 saturated carbocycles. The van der Waals surface area contributed by atoms with Gasteiger partial charge in [-0.15, -0.1) is 0 Å². The lowest BCUT2D eigenvalue weighted by atomic mass is 10.2. The number of nitrogens with zero attached hydrogens (tertiary/aromatic N) is 4. The van der Waals surface area contributed by atoms with Crippen LogP contribution in [0.25, 0.3) is 11.0 Å². The van der Waals surface area contributed by atoms with Crippen LogP contribution in [0, 0.1) is 0 Å². The van der Waals surface area contributed by atoms with E-state index in [0.29, 0.717) is 35.0 Å². The number of ether oxygens (including phenoxy) is 2. The number of nitrogens with one attached hydrogen (secondary N) is 2. The number of rotatable bonds is 9. The quantitative estimate of drug-likeness (QED) is 0.310. The summed E-state index contributed by atoms with van der Waals surface area (Å²) in [6, 6.07) is 18.0. The first-order valence-electron chi connectivity index (χ1n) is 11.8. The molecule has 3 heterocycles. The Hall–Kier alpha value is -3.82. The van der Waals surface area contributed by atoms with E-state index < -0.39 is 0 Å². The molecule has 0 radical (unpaired) electrons. The van der Waals surface area contributed by atoms with E-state index in [-0.39, 0.29) is 0 Å². The molecule has 2 aromatic carbocycles. The summed E-state index contributed by atoms with van der Waals surface area (Å²) in [5.41, 5.74) is 9.30.